The molecule has 168 valence electrons. The summed E-state index contributed by atoms with van der Waals surface area (Å²) in [5, 5.41) is 1.32. The third-order valence-electron chi connectivity index (χ3n) is 5.20. The maximum absolute atomic E-state index is 13.0. The van der Waals surface area contributed by atoms with E-state index in [1.807, 2.05) is 18.2 Å². The van der Waals surface area contributed by atoms with Gasteiger partial charge in [-0.05, 0) is 29.8 Å². The summed E-state index contributed by atoms with van der Waals surface area (Å²) in [4.78, 5) is 37.1. The van der Waals surface area contributed by atoms with Crippen LogP contribution >= 0.6 is 22.9 Å². The Balaban J connectivity index is 1.44. The number of carbonyl (C=O) groups excluding carboxylic acids is 2. The average molecular weight is 476 g/mol. The van der Waals surface area contributed by atoms with Gasteiger partial charge in [-0.3, -0.25) is 9.59 Å². The number of hydrogen-bond donors (Lipinski definition) is 1. The maximum atomic E-state index is 13.0. The molecule has 1 atom stereocenters. The lowest BCUT2D eigenvalue weighted by Crippen LogP contribution is -2.59. The van der Waals surface area contributed by atoms with Crippen molar-refractivity contribution < 1.29 is 19.1 Å². The number of halogens is 1. The lowest BCUT2D eigenvalue weighted by molar-refractivity contribution is -0.151. The number of nitrogen functional groups attached to an aromatic ring is 1. The first-order chi connectivity index (χ1) is 15.4. The number of methoxy groups -OCH3 is 1. The van der Waals surface area contributed by atoms with Crippen LogP contribution in [0.1, 0.15) is 5.56 Å². The molecule has 1 aliphatic rings. The van der Waals surface area contributed by atoms with Crippen molar-refractivity contribution >= 4 is 51.5 Å². The number of thiophene rings is 1. The van der Waals surface area contributed by atoms with E-state index in [0.29, 0.717) is 40.4 Å². The van der Waals surface area contributed by atoms with E-state index >= 15 is 0 Å². The zero-order chi connectivity index (χ0) is 22.7. The third kappa shape index (κ3) is 4.93. The Bertz CT molecular complexity index is 1140. The number of fused-ring (bicyclic) bond motifs is 1. The average Bonchev–Trinajstić information content (AvgIpc) is 3.19. The van der Waals surface area contributed by atoms with Gasteiger partial charge in [0.2, 0.25) is 5.91 Å². The topological polar surface area (TPSA) is 111 Å². The van der Waals surface area contributed by atoms with Gasteiger partial charge in [-0.2, -0.15) is 0 Å². The molecule has 0 saturated carbocycles. The van der Waals surface area contributed by atoms with Crippen LogP contribution in [0, 0.1) is 0 Å². The number of amides is 2. The maximum Gasteiger partial charge on any atom is 0.261 e. The highest BCUT2D eigenvalue weighted by Gasteiger charge is 2.35. The van der Waals surface area contributed by atoms with Gasteiger partial charge in [-0.15, -0.1) is 0 Å². The molecular formula is C21H22ClN5O4S. The molecular weight excluding hydrogens is 454 g/mol. The molecule has 1 aromatic carbocycles. The molecule has 1 saturated heterocycles. The van der Waals surface area contributed by atoms with Gasteiger partial charge >= 0.3 is 0 Å². The summed E-state index contributed by atoms with van der Waals surface area (Å²) in [6.07, 6.45) is 1.41. The molecule has 0 bridgehead atoms. The van der Waals surface area contributed by atoms with Gasteiger partial charge in [-0.1, -0.05) is 29.0 Å². The summed E-state index contributed by atoms with van der Waals surface area (Å²) >= 11 is 7.13. The molecule has 3 aromatic rings. The highest BCUT2D eigenvalue weighted by molar-refractivity contribution is 7.17. The number of nitrogens with two attached hydrogens (primary N) is 1. The highest BCUT2D eigenvalue weighted by atomic mass is 35.5. The molecule has 0 aliphatic carbocycles. The minimum absolute atomic E-state index is 0.0176. The second kappa shape index (κ2) is 9.68. The SMILES string of the molecule is COC[C@@H]1CN(C(=O)COc2ccc(Cl)s2)CC(=O)N1Cc1ccc2c(N)ncnc2c1. The van der Waals surface area contributed by atoms with E-state index in [-0.39, 0.29) is 31.0 Å². The standard InChI is InChI=1S/C21H22ClN5O4S/c1-30-10-14-8-26(19(29)11-31-20-5-4-17(22)32-20)9-18(28)27(14)7-13-2-3-15-16(6-13)24-12-25-21(15)23/h2-6,12,14H,7-11H2,1H3,(H2,23,24,25)/t14-/m0/s1. The molecule has 4 rings (SSSR count). The normalized spacial score (nSPS) is 16.6. The first kappa shape index (κ1) is 22.3. The van der Waals surface area contributed by atoms with E-state index in [2.05, 4.69) is 9.97 Å². The van der Waals surface area contributed by atoms with Gasteiger partial charge < -0.3 is 25.0 Å². The summed E-state index contributed by atoms with van der Waals surface area (Å²) in [6, 6.07) is 8.77. The Morgan fingerprint density at radius 2 is 2.16 bits per heavy atom. The quantitative estimate of drug-likeness (QED) is 0.557. The Kier molecular flexibility index (Phi) is 6.73. The van der Waals surface area contributed by atoms with Gasteiger partial charge in [0, 0.05) is 25.6 Å². The van der Waals surface area contributed by atoms with E-state index in [4.69, 9.17) is 26.8 Å². The first-order valence-electron chi connectivity index (χ1n) is 9.88. The van der Waals surface area contributed by atoms with Crippen LogP contribution in [0.4, 0.5) is 5.82 Å². The summed E-state index contributed by atoms with van der Waals surface area (Å²) in [5.41, 5.74) is 7.51. The zero-order valence-electron chi connectivity index (χ0n) is 17.4. The fraction of sp³-hybridized carbons (Fsp3) is 0.333. The number of hydrogen-bond acceptors (Lipinski definition) is 8. The van der Waals surface area contributed by atoms with E-state index in [1.54, 1.807) is 24.1 Å². The minimum Gasteiger partial charge on any atom is -0.474 e. The van der Waals surface area contributed by atoms with E-state index in [9.17, 15) is 9.59 Å². The Morgan fingerprint density at radius 3 is 2.91 bits per heavy atom. The number of ether oxygens (including phenoxy) is 2. The monoisotopic (exact) mass is 475 g/mol. The largest absolute Gasteiger partial charge is 0.474 e. The Morgan fingerprint density at radius 1 is 1.31 bits per heavy atom. The van der Waals surface area contributed by atoms with Crippen molar-refractivity contribution in [2.24, 2.45) is 0 Å². The van der Waals surface area contributed by atoms with E-state index in [1.165, 1.54) is 22.6 Å². The zero-order valence-corrected chi connectivity index (χ0v) is 18.9. The molecule has 2 aromatic heterocycles. The summed E-state index contributed by atoms with van der Waals surface area (Å²) in [5.74, 6) is -0.0105. The summed E-state index contributed by atoms with van der Waals surface area (Å²) in [7, 11) is 1.57. The van der Waals surface area contributed by atoms with Crippen LogP contribution in [0.25, 0.3) is 10.9 Å². The van der Waals surface area contributed by atoms with Crippen LogP contribution in [0.15, 0.2) is 36.7 Å². The van der Waals surface area contributed by atoms with Crippen molar-refractivity contribution in [3.05, 3.63) is 46.6 Å². The van der Waals surface area contributed by atoms with Gasteiger partial charge in [0.1, 0.15) is 12.1 Å². The molecule has 32 heavy (non-hydrogen) atoms. The van der Waals surface area contributed by atoms with Crippen molar-refractivity contribution in [2.45, 2.75) is 12.6 Å². The van der Waals surface area contributed by atoms with E-state index in [0.717, 1.165) is 10.9 Å². The van der Waals surface area contributed by atoms with Crippen LogP contribution in [0.3, 0.4) is 0 Å². The van der Waals surface area contributed by atoms with Crippen LogP contribution in [0.2, 0.25) is 4.34 Å². The van der Waals surface area contributed by atoms with Crippen LogP contribution in [-0.4, -0.2) is 71.0 Å². The first-order valence-corrected chi connectivity index (χ1v) is 11.1. The fourth-order valence-electron chi connectivity index (χ4n) is 3.64. The predicted octanol–water partition coefficient (Wildman–Crippen LogP) is 2.19. The molecule has 0 unspecified atom stereocenters. The number of carbonyl (C=O) groups is 2. The number of nitrogens with zero attached hydrogens (tertiary/aromatic N) is 4. The van der Waals surface area contributed by atoms with Crippen molar-refractivity contribution in [1.82, 2.24) is 19.8 Å². The molecule has 11 heteroatoms. The van der Waals surface area contributed by atoms with Gasteiger partial charge in [0.25, 0.3) is 5.91 Å². The van der Waals surface area contributed by atoms with Crippen molar-refractivity contribution in [2.75, 3.05) is 39.1 Å². The molecule has 1 fully saturated rings. The van der Waals surface area contributed by atoms with Gasteiger partial charge in [0.05, 0.1) is 29.0 Å². The Hall–Kier alpha value is -2.95. The van der Waals surface area contributed by atoms with Crippen molar-refractivity contribution in [3.8, 4) is 5.06 Å². The lowest BCUT2D eigenvalue weighted by Gasteiger charge is -2.40. The molecule has 3 heterocycles. The predicted molar refractivity (Wildman–Crippen MR) is 122 cm³/mol. The second-order valence-corrected chi connectivity index (χ2v) is 9.04. The number of rotatable bonds is 7. The van der Waals surface area contributed by atoms with Gasteiger partial charge in [0.15, 0.2) is 11.7 Å². The third-order valence-corrected chi connectivity index (χ3v) is 6.34. The highest BCUT2D eigenvalue weighted by Crippen LogP contribution is 2.28. The van der Waals surface area contributed by atoms with Crippen LogP contribution in [0.5, 0.6) is 5.06 Å². The molecule has 1 aliphatic heterocycles. The second-order valence-electron chi connectivity index (χ2n) is 7.36. The number of benzene rings is 1. The smallest absolute Gasteiger partial charge is 0.261 e. The minimum atomic E-state index is -0.285. The number of anilines is 1. The number of aromatic nitrogens is 2. The van der Waals surface area contributed by atoms with Crippen molar-refractivity contribution in [1.29, 1.82) is 0 Å². The molecule has 0 spiro atoms. The van der Waals surface area contributed by atoms with Gasteiger partial charge in [-0.25, -0.2) is 9.97 Å². The molecule has 2 N–H and O–H groups in total. The van der Waals surface area contributed by atoms with E-state index < -0.39 is 0 Å². The molecule has 0 radical (unpaired) electrons. The van der Waals surface area contributed by atoms with Crippen LogP contribution < -0.4 is 10.5 Å². The molecule has 2 amide bonds. The van der Waals surface area contributed by atoms with Crippen molar-refractivity contribution in [3.63, 3.8) is 0 Å². The lowest BCUT2D eigenvalue weighted by atomic mass is 10.1. The fourth-order valence-corrected chi connectivity index (χ4v) is 4.51. The Labute approximate surface area is 193 Å². The summed E-state index contributed by atoms with van der Waals surface area (Å²) in [6.45, 7) is 0.861. The number of piperazine rings is 1. The molecule has 9 nitrogen and oxygen atoms in total. The van der Waals surface area contributed by atoms with Crippen LogP contribution in [-0.2, 0) is 20.9 Å². The summed E-state index contributed by atoms with van der Waals surface area (Å²) < 4.78 is 11.4.